The zero-order valence-electron chi connectivity index (χ0n) is 9.71. The minimum Gasteiger partial charge on any atom is -0.467 e. The highest BCUT2D eigenvalue weighted by Gasteiger charge is 2.11. The molecule has 0 unspecified atom stereocenters. The summed E-state index contributed by atoms with van der Waals surface area (Å²) in [6, 6.07) is 5.80. The van der Waals surface area contributed by atoms with Crippen LogP contribution in [-0.4, -0.2) is 20.4 Å². The van der Waals surface area contributed by atoms with E-state index >= 15 is 0 Å². The van der Waals surface area contributed by atoms with E-state index in [0.29, 0.717) is 12.4 Å². The van der Waals surface area contributed by atoms with E-state index in [2.05, 4.69) is 14.5 Å². The van der Waals surface area contributed by atoms with Crippen molar-refractivity contribution >= 4 is 22.6 Å². The molecule has 0 aliphatic rings. The summed E-state index contributed by atoms with van der Waals surface area (Å²) >= 11 is 5.83. The van der Waals surface area contributed by atoms with Crippen molar-refractivity contribution < 1.29 is 4.42 Å². The van der Waals surface area contributed by atoms with Crippen molar-refractivity contribution in [1.29, 1.82) is 0 Å². The van der Waals surface area contributed by atoms with Crippen molar-refractivity contribution in [3.05, 3.63) is 48.4 Å². The molecule has 3 aromatic rings. The summed E-state index contributed by atoms with van der Waals surface area (Å²) in [7, 11) is 0. The van der Waals surface area contributed by atoms with E-state index in [9.17, 15) is 0 Å². The number of halogens is 1. The molecule has 3 aromatic heterocycles. The van der Waals surface area contributed by atoms with Gasteiger partial charge in [0.15, 0.2) is 0 Å². The van der Waals surface area contributed by atoms with E-state index in [0.717, 1.165) is 29.0 Å². The van der Waals surface area contributed by atoms with Gasteiger partial charge in [-0.1, -0.05) is 0 Å². The number of hydrogen-bond acceptors (Lipinski definition) is 3. The summed E-state index contributed by atoms with van der Waals surface area (Å²) < 4.78 is 7.51. The Kier molecular flexibility index (Phi) is 3.02. The minimum atomic E-state index is 0.551. The standard InChI is InChI=1S/C13H12ClN3O/c14-5-3-13-16-11-8-15-6-4-12(11)17(13)9-10-2-1-7-18-10/h1-2,4,6-8H,3,5,9H2. The first-order valence-electron chi connectivity index (χ1n) is 5.76. The van der Waals surface area contributed by atoms with Gasteiger partial charge in [0.2, 0.25) is 0 Å². The summed E-state index contributed by atoms with van der Waals surface area (Å²) in [5, 5.41) is 0. The van der Waals surface area contributed by atoms with Gasteiger partial charge in [0.05, 0.1) is 24.5 Å². The number of alkyl halides is 1. The molecule has 0 saturated heterocycles. The summed E-state index contributed by atoms with van der Waals surface area (Å²) in [4.78, 5) is 8.65. The van der Waals surface area contributed by atoms with Gasteiger partial charge in [-0.25, -0.2) is 4.98 Å². The highest BCUT2D eigenvalue weighted by Crippen LogP contribution is 2.18. The maximum absolute atomic E-state index is 5.83. The topological polar surface area (TPSA) is 43.9 Å². The zero-order valence-corrected chi connectivity index (χ0v) is 10.5. The largest absolute Gasteiger partial charge is 0.467 e. The van der Waals surface area contributed by atoms with Crippen molar-refractivity contribution in [2.24, 2.45) is 0 Å². The maximum Gasteiger partial charge on any atom is 0.123 e. The molecule has 0 aliphatic heterocycles. The Balaban J connectivity index is 2.09. The lowest BCUT2D eigenvalue weighted by atomic mass is 10.3. The Morgan fingerprint density at radius 3 is 3.06 bits per heavy atom. The molecule has 0 fully saturated rings. The molecule has 0 radical (unpaired) electrons. The molecule has 0 aromatic carbocycles. The monoisotopic (exact) mass is 261 g/mol. The summed E-state index contributed by atoms with van der Waals surface area (Å²) in [5.41, 5.74) is 1.95. The fourth-order valence-corrected chi connectivity index (χ4v) is 2.21. The molecule has 92 valence electrons. The molecule has 3 heterocycles. The maximum atomic E-state index is 5.83. The lowest BCUT2D eigenvalue weighted by Crippen LogP contribution is -2.05. The molecule has 0 bridgehead atoms. The molecule has 0 aliphatic carbocycles. The number of furan rings is 1. The van der Waals surface area contributed by atoms with E-state index in [1.54, 1.807) is 18.7 Å². The Morgan fingerprint density at radius 2 is 2.28 bits per heavy atom. The number of rotatable bonds is 4. The molecular formula is C13H12ClN3O. The Hall–Kier alpha value is -1.81. The number of aryl methyl sites for hydroxylation is 1. The fourth-order valence-electron chi connectivity index (χ4n) is 2.04. The molecule has 0 amide bonds. The quantitative estimate of drug-likeness (QED) is 0.679. The lowest BCUT2D eigenvalue weighted by Gasteiger charge is -2.06. The van der Waals surface area contributed by atoms with E-state index in [1.165, 1.54) is 0 Å². The third-order valence-electron chi connectivity index (χ3n) is 2.84. The molecule has 0 N–H and O–H groups in total. The van der Waals surface area contributed by atoms with E-state index in [4.69, 9.17) is 16.0 Å². The number of nitrogens with zero attached hydrogens (tertiary/aromatic N) is 3. The molecule has 5 heteroatoms. The van der Waals surface area contributed by atoms with Gasteiger partial charge in [-0.2, -0.15) is 0 Å². The van der Waals surface area contributed by atoms with Gasteiger partial charge >= 0.3 is 0 Å². The van der Waals surface area contributed by atoms with Gasteiger partial charge in [-0.15, -0.1) is 11.6 Å². The second kappa shape index (κ2) is 4.82. The van der Waals surface area contributed by atoms with Crippen molar-refractivity contribution in [1.82, 2.24) is 14.5 Å². The molecule has 18 heavy (non-hydrogen) atoms. The van der Waals surface area contributed by atoms with Gasteiger partial charge in [0.25, 0.3) is 0 Å². The van der Waals surface area contributed by atoms with Gasteiger partial charge in [-0.3, -0.25) is 4.98 Å². The second-order valence-electron chi connectivity index (χ2n) is 4.00. The first kappa shape index (κ1) is 11.3. The second-order valence-corrected chi connectivity index (χ2v) is 4.37. The van der Waals surface area contributed by atoms with E-state index < -0.39 is 0 Å². The molecule has 0 spiro atoms. The van der Waals surface area contributed by atoms with Crippen LogP contribution in [0.1, 0.15) is 11.6 Å². The summed E-state index contributed by atoms with van der Waals surface area (Å²) in [6.45, 7) is 0.666. The van der Waals surface area contributed by atoms with Crippen LogP contribution in [0.25, 0.3) is 11.0 Å². The number of aromatic nitrogens is 3. The van der Waals surface area contributed by atoms with Crippen LogP contribution in [0.5, 0.6) is 0 Å². The SMILES string of the molecule is ClCCc1nc2cnccc2n1Cc1ccco1. The van der Waals surface area contributed by atoms with E-state index in [1.807, 2.05) is 18.2 Å². The predicted octanol–water partition coefficient (Wildman–Crippen LogP) is 2.85. The zero-order chi connectivity index (χ0) is 12.4. The number of hydrogen-bond donors (Lipinski definition) is 0. The van der Waals surface area contributed by atoms with Gasteiger partial charge in [-0.05, 0) is 18.2 Å². The molecule has 0 atom stereocenters. The van der Waals surface area contributed by atoms with Crippen LogP contribution in [-0.2, 0) is 13.0 Å². The molecule has 3 rings (SSSR count). The highest BCUT2D eigenvalue weighted by molar-refractivity contribution is 6.17. The average molecular weight is 262 g/mol. The Labute approximate surface area is 109 Å². The third kappa shape index (κ3) is 1.99. The van der Waals surface area contributed by atoms with Crippen molar-refractivity contribution in [3.63, 3.8) is 0 Å². The normalized spacial score (nSPS) is 11.2. The molecular weight excluding hydrogens is 250 g/mol. The van der Waals surface area contributed by atoms with Crippen LogP contribution in [0, 0.1) is 0 Å². The van der Waals surface area contributed by atoms with Crippen LogP contribution >= 0.6 is 11.6 Å². The molecule has 4 nitrogen and oxygen atoms in total. The van der Waals surface area contributed by atoms with Crippen LogP contribution in [0.4, 0.5) is 0 Å². The average Bonchev–Trinajstić information content (AvgIpc) is 3.00. The van der Waals surface area contributed by atoms with Crippen molar-refractivity contribution in [3.8, 4) is 0 Å². The van der Waals surface area contributed by atoms with Crippen LogP contribution in [0.3, 0.4) is 0 Å². The Morgan fingerprint density at radius 1 is 1.33 bits per heavy atom. The molecule has 0 saturated carbocycles. The van der Waals surface area contributed by atoms with Crippen LogP contribution < -0.4 is 0 Å². The first-order chi connectivity index (χ1) is 8.88. The fraction of sp³-hybridized carbons (Fsp3) is 0.231. The van der Waals surface area contributed by atoms with Crippen LogP contribution in [0.15, 0.2) is 41.3 Å². The number of imidazole rings is 1. The van der Waals surface area contributed by atoms with Crippen molar-refractivity contribution in [2.45, 2.75) is 13.0 Å². The van der Waals surface area contributed by atoms with Crippen molar-refractivity contribution in [2.75, 3.05) is 5.88 Å². The van der Waals surface area contributed by atoms with Gasteiger partial charge in [0.1, 0.15) is 17.1 Å². The number of pyridine rings is 1. The third-order valence-corrected chi connectivity index (χ3v) is 3.03. The lowest BCUT2D eigenvalue weighted by molar-refractivity contribution is 0.492. The van der Waals surface area contributed by atoms with Gasteiger partial charge < -0.3 is 8.98 Å². The highest BCUT2D eigenvalue weighted by atomic mass is 35.5. The Bertz CT molecular complexity index is 645. The predicted molar refractivity (Wildman–Crippen MR) is 69.8 cm³/mol. The van der Waals surface area contributed by atoms with E-state index in [-0.39, 0.29) is 0 Å². The number of fused-ring (bicyclic) bond motifs is 1. The summed E-state index contributed by atoms with van der Waals surface area (Å²) in [5.74, 6) is 2.42. The summed E-state index contributed by atoms with van der Waals surface area (Å²) in [6.07, 6.45) is 5.95. The minimum absolute atomic E-state index is 0.551. The van der Waals surface area contributed by atoms with Gasteiger partial charge in [0, 0.05) is 18.5 Å². The smallest absolute Gasteiger partial charge is 0.123 e. The first-order valence-corrected chi connectivity index (χ1v) is 6.29. The van der Waals surface area contributed by atoms with Crippen LogP contribution in [0.2, 0.25) is 0 Å².